The first kappa shape index (κ1) is 9.18. The predicted octanol–water partition coefficient (Wildman–Crippen LogP) is 2.10. The zero-order valence-electron chi connectivity index (χ0n) is 5.52. The summed E-state index contributed by atoms with van der Waals surface area (Å²) in [4.78, 5) is 0. The quantitative estimate of drug-likeness (QED) is 0.402. The van der Waals surface area contributed by atoms with Gasteiger partial charge in [-0.25, -0.2) is 0 Å². The van der Waals surface area contributed by atoms with E-state index < -0.39 is 0 Å². The van der Waals surface area contributed by atoms with Crippen LogP contribution in [0.4, 0.5) is 0 Å². The average molecular weight is 193 g/mol. The van der Waals surface area contributed by atoms with Crippen LogP contribution in [0.5, 0.6) is 0 Å². The van der Waals surface area contributed by atoms with Crippen LogP contribution in [0.2, 0.25) is 0 Å². The molecule has 9 heavy (non-hydrogen) atoms. The molecule has 0 saturated heterocycles. The molecule has 1 nitrogen and oxygen atoms in total. The summed E-state index contributed by atoms with van der Waals surface area (Å²) < 4.78 is 0. The third-order valence-corrected chi connectivity index (χ3v) is 1.59. The lowest BCUT2D eigenvalue weighted by Gasteiger charge is -1.88. The van der Waals surface area contributed by atoms with Gasteiger partial charge in [0.2, 0.25) is 0 Å². The van der Waals surface area contributed by atoms with E-state index in [4.69, 9.17) is 5.11 Å². The lowest BCUT2D eigenvalue weighted by atomic mass is 10.2. The molecule has 0 aromatic carbocycles. The van der Waals surface area contributed by atoms with Crippen LogP contribution >= 0.6 is 15.9 Å². The molecule has 0 aliphatic carbocycles. The van der Waals surface area contributed by atoms with E-state index in [-0.39, 0.29) is 6.61 Å². The van der Waals surface area contributed by atoms with Crippen LogP contribution in [0.3, 0.4) is 0 Å². The van der Waals surface area contributed by atoms with Crippen molar-refractivity contribution in [2.45, 2.75) is 19.3 Å². The summed E-state index contributed by atoms with van der Waals surface area (Å²) in [5, 5.41) is 9.41. The highest BCUT2D eigenvalue weighted by atomic mass is 79.9. The Bertz CT molecular complexity index is 71.3. The number of hydrogen-bond acceptors (Lipinski definition) is 1. The van der Waals surface area contributed by atoms with Gasteiger partial charge in [-0.3, -0.25) is 0 Å². The third-order valence-electron chi connectivity index (χ3n) is 1.03. The molecule has 0 amide bonds. The molecule has 0 rings (SSSR count). The largest absolute Gasteiger partial charge is 0.392 e. The molecule has 0 fully saturated rings. The molecule has 2 heteroatoms. The minimum absolute atomic E-state index is 0.175. The van der Waals surface area contributed by atoms with Crippen LogP contribution in [0.25, 0.3) is 0 Å². The van der Waals surface area contributed by atoms with E-state index >= 15 is 0 Å². The molecule has 0 bridgehead atoms. The number of allylic oxidation sites excluding steroid dienone is 1. The van der Waals surface area contributed by atoms with E-state index in [0.29, 0.717) is 0 Å². The van der Waals surface area contributed by atoms with Crippen LogP contribution in [-0.2, 0) is 0 Å². The summed E-state index contributed by atoms with van der Waals surface area (Å²) in [6.45, 7) is 0.175. The summed E-state index contributed by atoms with van der Waals surface area (Å²) in [6.07, 6.45) is 7.32. The Hall–Kier alpha value is 0.180. The molecule has 1 N–H and O–H groups in total. The van der Waals surface area contributed by atoms with Crippen LogP contribution in [-0.4, -0.2) is 17.0 Å². The summed E-state index contributed by atoms with van der Waals surface area (Å²) in [6, 6.07) is 0. The fraction of sp³-hybridized carbons (Fsp3) is 0.714. The van der Waals surface area contributed by atoms with Crippen molar-refractivity contribution in [1.82, 2.24) is 0 Å². The minimum Gasteiger partial charge on any atom is -0.392 e. The van der Waals surface area contributed by atoms with Crippen molar-refractivity contribution in [3.8, 4) is 0 Å². The number of unbranched alkanes of at least 4 members (excludes halogenated alkanes) is 2. The van der Waals surface area contributed by atoms with Crippen LogP contribution in [0.15, 0.2) is 12.2 Å². The number of rotatable bonds is 5. The standard InChI is InChI=1S/C7H13BrO/c8-6-4-2-1-3-5-7-9/h3,5,9H,1-2,4,6-7H2/b5-3+. The lowest BCUT2D eigenvalue weighted by molar-refractivity contribution is 0.342. The Morgan fingerprint density at radius 3 is 2.56 bits per heavy atom. The van der Waals surface area contributed by atoms with Gasteiger partial charge >= 0.3 is 0 Å². The van der Waals surface area contributed by atoms with Crippen molar-refractivity contribution in [2.75, 3.05) is 11.9 Å². The van der Waals surface area contributed by atoms with Crippen molar-refractivity contribution in [3.63, 3.8) is 0 Å². The van der Waals surface area contributed by atoms with Crippen molar-refractivity contribution >= 4 is 15.9 Å². The van der Waals surface area contributed by atoms with Gasteiger partial charge in [0.15, 0.2) is 0 Å². The first-order valence-electron chi connectivity index (χ1n) is 3.23. The van der Waals surface area contributed by atoms with Gasteiger partial charge in [0.25, 0.3) is 0 Å². The molecule has 0 atom stereocenters. The molecule has 0 saturated carbocycles. The van der Waals surface area contributed by atoms with Crippen molar-refractivity contribution < 1.29 is 5.11 Å². The number of halogens is 1. The number of aliphatic hydroxyl groups excluding tert-OH is 1. The summed E-state index contributed by atoms with van der Waals surface area (Å²) in [5.41, 5.74) is 0. The third kappa shape index (κ3) is 8.18. The molecule has 0 heterocycles. The molecule has 0 aliphatic heterocycles. The smallest absolute Gasteiger partial charge is 0.0612 e. The fourth-order valence-electron chi connectivity index (χ4n) is 0.549. The zero-order chi connectivity index (χ0) is 6.95. The van der Waals surface area contributed by atoms with Crippen molar-refractivity contribution in [2.24, 2.45) is 0 Å². The maximum absolute atomic E-state index is 8.33. The van der Waals surface area contributed by atoms with E-state index in [1.807, 2.05) is 6.08 Å². The fourth-order valence-corrected chi connectivity index (χ4v) is 0.946. The highest BCUT2D eigenvalue weighted by Gasteiger charge is 1.80. The highest BCUT2D eigenvalue weighted by Crippen LogP contribution is 1.98. The van der Waals surface area contributed by atoms with E-state index in [1.165, 1.54) is 12.8 Å². The predicted molar refractivity (Wildman–Crippen MR) is 43.9 cm³/mol. The minimum atomic E-state index is 0.175. The second-order valence-corrected chi connectivity index (χ2v) is 2.63. The van der Waals surface area contributed by atoms with Gasteiger partial charge in [-0.15, -0.1) is 0 Å². The Kier molecular flexibility index (Phi) is 8.34. The molecule has 0 aromatic heterocycles. The summed E-state index contributed by atoms with van der Waals surface area (Å²) >= 11 is 3.35. The second-order valence-electron chi connectivity index (χ2n) is 1.84. The van der Waals surface area contributed by atoms with Gasteiger partial charge in [0, 0.05) is 5.33 Å². The Morgan fingerprint density at radius 1 is 1.22 bits per heavy atom. The Balaban J connectivity index is 2.82. The SMILES string of the molecule is OC/C=C/CCCCBr. The van der Waals surface area contributed by atoms with Gasteiger partial charge in [-0.05, 0) is 19.3 Å². The maximum atomic E-state index is 8.33. The molecule has 0 unspecified atom stereocenters. The maximum Gasteiger partial charge on any atom is 0.0612 e. The number of hydrogen-bond donors (Lipinski definition) is 1. The summed E-state index contributed by atoms with van der Waals surface area (Å²) in [7, 11) is 0. The normalized spacial score (nSPS) is 10.9. The summed E-state index contributed by atoms with van der Waals surface area (Å²) in [5.74, 6) is 0. The van der Waals surface area contributed by atoms with Crippen molar-refractivity contribution in [1.29, 1.82) is 0 Å². The average Bonchev–Trinajstić information content (AvgIpc) is 1.89. The second kappa shape index (κ2) is 8.18. The van der Waals surface area contributed by atoms with E-state index in [0.717, 1.165) is 11.8 Å². The molecule has 0 aromatic rings. The molecular weight excluding hydrogens is 180 g/mol. The number of aliphatic hydroxyl groups is 1. The van der Waals surface area contributed by atoms with Crippen LogP contribution in [0, 0.1) is 0 Å². The Morgan fingerprint density at radius 2 is 2.00 bits per heavy atom. The van der Waals surface area contributed by atoms with Gasteiger partial charge in [-0.2, -0.15) is 0 Å². The van der Waals surface area contributed by atoms with E-state index in [9.17, 15) is 0 Å². The molecule has 0 spiro atoms. The van der Waals surface area contributed by atoms with Gasteiger partial charge in [0.1, 0.15) is 0 Å². The first-order valence-corrected chi connectivity index (χ1v) is 4.35. The lowest BCUT2D eigenvalue weighted by Crippen LogP contribution is -1.75. The molecule has 0 aliphatic rings. The van der Waals surface area contributed by atoms with Gasteiger partial charge in [-0.1, -0.05) is 28.1 Å². The van der Waals surface area contributed by atoms with E-state index in [1.54, 1.807) is 6.08 Å². The molecular formula is C7H13BrO. The number of alkyl halides is 1. The van der Waals surface area contributed by atoms with Crippen LogP contribution < -0.4 is 0 Å². The van der Waals surface area contributed by atoms with Crippen molar-refractivity contribution in [3.05, 3.63) is 12.2 Å². The topological polar surface area (TPSA) is 20.2 Å². The molecule has 54 valence electrons. The molecule has 0 radical (unpaired) electrons. The van der Waals surface area contributed by atoms with Crippen LogP contribution in [0.1, 0.15) is 19.3 Å². The first-order chi connectivity index (χ1) is 4.41. The zero-order valence-corrected chi connectivity index (χ0v) is 7.10. The monoisotopic (exact) mass is 192 g/mol. The Labute approximate surface area is 64.9 Å². The van der Waals surface area contributed by atoms with Gasteiger partial charge in [0.05, 0.1) is 6.61 Å². The highest BCUT2D eigenvalue weighted by molar-refractivity contribution is 9.09. The van der Waals surface area contributed by atoms with E-state index in [2.05, 4.69) is 15.9 Å². The van der Waals surface area contributed by atoms with Gasteiger partial charge < -0.3 is 5.11 Å².